The van der Waals surface area contributed by atoms with Gasteiger partial charge in [-0.25, -0.2) is 4.98 Å². The second-order valence-corrected chi connectivity index (χ2v) is 4.38. The summed E-state index contributed by atoms with van der Waals surface area (Å²) in [6, 6.07) is 0. The summed E-state index contributed by atoms with van der Waals surface area (Å²) in [5.74, 6) is 0. The lowest BCUT2D eigenvalue weighted by atomic mass is 10.6. The van der Waals surface area contributed by atoms with Crippen molar-refractivity contribution in [3.63, 3.8) is 0 Å². The monoisotopic (exact) mass is 253 g/mol. The molecule has 84 valence electrons. The highest BCUT2D eigenvalue weighted by atomic mass is 32.2. The SMILES string of the molecule is O=S1C=CC=C1.c1c[nH]cn1.c1cscn1. The maximum absolute atomic E-state index is 10.2. The van der Waals surface area contributed by atoms with Gasteiger partial charge in [0.2, 0.25) is 0 Å². The molecule has 3 heterocycles. The molecule has 0 aliphatic carbocycles. The van der Waals surface area contributed by atoms with Crippen LogP contribution in [0.1, 0.15) is 0 Å². The summed E-state index contributed by atoms with van der Waals surface area (Å²) >= 11 is 1.60. The fraction of sp³-hybridized carbons (Fsp3) is 0. The van der Waals surface area contributed by atoms with Crippen molar-refractivity contribution in [2.75, 3.05) is 0 Å². The maximum atomic E-state index is 10.2. The molecule has 0 aromatic carbocycles. The van der Waals surface area contributed by atoms with E-state index in [0.717, 1.165) is 0 Å². The van der Waals surface area contributed by atoms with Crippen molar-refractivity contribution in [2.24, 2.45) is 0 Å². The zero-order chi connectivity index (χ0) is 11.5. The molecular formula is C10H11N3OS2. The van der Waals surface area contributed by atoms with Gasteiger partial charge in [0.15, 0.2) is 0 Å². The largest absolute Gasteiger partial charge is 0.351 e. The van der Waals surface area contributed by atoms with Gasteiger partial charge < -0.3 is 4.98 Å². The van der Waals surface area contributed by atoms with Crippen molar-refractivity contribution < 1.29 is 4.21 Å². The Hall–Kier alpha value is -1.53. The Kier molecular flexibility index (Phi) is 6.86. The summed E-state index contributed by atoms with van der Waals surface area (Å²) in [6.07, 6.45) is 10.4. The summed E-state index contributed by atoms with van der Waals surface area (Å²) in [5, 5.41) is 5.21. The Labute approximate surface area is 100 Å². The van der Waals surface area contributed by atoms with E-state index in [2.05, 4.69) is 15.0 Å². The topological polar surface area (TPSA) is 58.6 Å². The van der Waals surface area contributed by atoms with Gasteiger partial charge in [-0.05, 0) is 0 Å². The average Bonchev–Trinajstić information content (AvgIpc) is 3.07. The van der Waals surface area contributed by atoms with Gasteiger partial charge in [0.05, 0.1) is 22.6 Å². The second-order valence-electron chi connectivity index (χ2n) is 2.42. The number of nitrogens with zero attached hydrogens (tertiary/aromatic N) is 2. The molecule has 2 aromatic rings. The number of H-pyrrole nitrogens is 1. The summed E-state index contributed by atoms with van der Waals surface area (Å²) in [6.45, 7) is 0. The van der Waals surface area contributed by atoms with Crippen LogP contribution < -0.4 is 0 Å². The Morgan fingerprint density at radius 2 is 1.94 bits per heavy atom. The third-order valence-electron chi connectivity index (χ3n) is 1.29. The zero-order valence-corrected chi connectivity index (χ0v) is 10.0. The van der Waals surface area contributed by atoms with Gasteiger partial charge in [0.25, 0.3) is 0 Å². The first-order valence-corrected chi connectivity index (χ1v) is 6.61. The van der Waals surface area contributed by atoms with Crippen molar-refractivity contribution in [1.82, 2.24) is 15.0 Å². The number of aromatic nitrogens is 3. The number of hydrogen-bond donors (Lipinski definition) is 1. The number of thiazole rings is 1. The van der Waals surface area contributed by atoms with E-state index in [1.807, 2.05) is 5.38 Å². The summed E-state index contributed by atoms with van der Waals surface area (Å²) in [7, 11) is -0.784. The van der Waals surface area contributed by atoms with E-state index in [1.54, 1.807) is 64.7 Å². The van der Waals surface area contributed by atoms with E-state index in [1.165, 1.54) is 0 Å². The van der Waals surface area contributed by atoms with Crippen LogP contribution in [0.3, 0.4) is 0 Å². The molecule has 6 heteroatoms. The molecule has 0 fully saturated rings. The normalized spacial score (nSPS) is 12.5. The minimum Gasteiger partial charge on any atom is -0.351 e. The van der Waals surface area contributed by atoms with Crippen LogP contribution in [0.5, 0.6) is 0 Å². The zero-order valence-electron chi connectivity index (χ0n) is 8.39. The van der Waals surface area contributed by atoms with Crippen LogP contribution in [0.4, 0.5) is 0 Å². The fourth-order valence-electron chi connectivity index (χ4n) is 0.682. The van der Waals surface area contributed by atoms with E-state index in [4.69, 9.17) is 0 Å². The molecule has 0 bridgehead atoms. The number of nitrogens with one attached hydrogen (secondary N) is 1. The van der Waals surface area contributed by atoms with Crippen LogP contribution in [0, 0.1) is 0 Å². The molecule has 0 unspecified atom stereocenters. The smallest absolute Gasteiger partial charge is 0.0919 e. The second kappa shape index (κ2) is 8.75. The molecule has 0 amide bonds. The number of allylic oxidation sites excluding steroid dienone is 2. The van der Waals surface area contributed by atoms with Crippen LogP contribution in [-0.4, -0.2) is 19.2 Å². The minimum atomic E-state index is -0.784. The third-order valence-corrected chi connectivity index (χ3v) is 2.66. The van der Waals surface area contributed by atoms with Gasteiger partial charge in [-0.15, -0.1) is 11.3 Å². The molecule has 16 heavy (non-hydrogen) atoms. The van der Waals surface area contributed by atoms with E-state index in [0.29, 0.717) is 0 Å². The van der Waals surface area contributed by atoms with Crippen LogP contribution in [0.2, 0.25) is 0 Å². The Morgan fingerprint density at radius 3 is 2.12 bits per heavy atom. The van der Waals surface area contributed by atoms with Crippen molar-refractivity contribution in [1.29, 1.82) is 0 Å². The van der Waals surface area contributed by atoms with Crippen LogP contribution in [-0.2, 0) is 10.8 Å². The maximum Gasteiger partial charge on any atom is 0.0919 e. The van der Waals surface area contributed by atoms with E-state index in [9.17, 15) is 4.21 Å². The van der Waals surface area contributed by atoms with E-state index in [-0.39, 0.29) is 0 Å². The molecule has 0 atom stereocenters. The predicted molar refractivity (Wildman–Crippen MR) is 67.1 cm³/mol. The molecule has 4 nitrogen and oxygen atoms in total. The van der Waals surface area contributed by atoms with Crippen LogP contribution in [0.25, 0.3) is 0 Å². The van der Waals surface area contributed by atoms with Crippen molar-refractivity contribution in [2.45, 2.75) is 0 Å². The highest BCUT2D eigenvalue weighted by Crippen LogP contribution is 1.95. The van der Waals surface area contributed by atoms with Gasteiger partial charge in [-0.2, -0.15) is 0 Å². The van der Waals surface area contributed by atoms with Gasteiger partial charge in [0, 0.05) is 34.8 Å². The first-order chi connectivity index (χ1) is 7.89. The number of hydrogen-bond acceptors (Lipinski definition) is 4. The van der Waals surface area contributed by atoms with E-state index >= 15 is 0 Å². The van der Waals surface area contributed by atoms with Crippen LogP contribution in [0.15, 0.2) is 58.8 Å². The first-order valence-electron chi connectivity index (χ1n) is 4.39. The predicted octanol–water partition coefficient (Wildman–Crippen LogP) is 2.33. The molecule has 1 N–H and O–H groups in total. The summed E-state index contributed by atoms with van der Waals surface area (Å²) < 4.78 is 10.2. The minimum absolute atomic E-state index is 0.784. The number of imidazole rings is 1. The van der Waals surface area contributed by atoms with E-state index < -0.39 is 10.8 Å². The molecular weight excluding hydrogens is 242 g/mol. The Balaban J connectivity index is 0.000000121. The quantitative estimate of drug-likeness (QED) is 0.784. The van der Waals surface area contributed by atoms with Gasteiger partial charge in [-0.3, -0.25) is 9.19 Å². The van der Waals surface area contributed by atoms with Crippen LogP contribution >= 0.6 is 11.3 Å². The lowest BCUT2D eigenvalue weighted by Crippen LogP contribution is -1.63. The highest BCUT2D eigenvalue weighted by molar-refractivity contribution is 7.91. The molecule has 0 spiro atoms. The lowest BCUT2D eigenvalue weighted by molar-refractivity contribution is 0.693. The summed E-state index contributed by atoms with van der Waals surface area (Å²) in [4.78, 5) is 10.2. The third kappa shape index (κ3) is 6.86. The van der Waals surface area contributed by atoms with Gasteiger partial charge in [0.1, 0.15) is 0 Å². The van der Waals surface area contributed by atoms with Gasteiger partial charge in [-0.1, -0.05) is 12.2 Å². The molecule has 2 aromatic heterocycles. The van der Waals surface area contributed by atoms with Crippen molar-refractivity contribution in [3.8, 4) is 0 Å². The molecule has 1 aliphatic rings. The number of aromatic amines is 1. The summed E-state index contributed by atoms with van der Waals surface area (Å²) in [5.41, 5.74) is 1.79. The average molecular weight is 253 g/mol. The number of rotatable bonds is 0. The molecule has 1 aliphatic heterocycles. The highest BCUT2D eigenvalue weighted by Gasteiger charge is 1.86. The van der Waals surface area contributed by atoms with Crippen molar-refractivity contribution >= 4 is 22.1 Å². The first kappa shape index (κ1) is 12.5. The van der Waals surface area contributed by atoms with Crippen molar-refractivity contribution in [3.05, 3.63) is 58.8 Å². The standard InChI is InChI=1S/C4H4OS.C3H4N2.C3H3NS/c5-6-3-1-2-4-6;2*1-2-5-3-4-1/h1-4H;1-3H,(H,4,5);1-3H. The Morgan fingerprint density at radius 1 is 1.12 bits per heavy atom. The molecule has 0 saturated carbocycles. The molecule has 3 rings (SSSR count). The molecule has 0 saturated heterocycles. The Bertz CT molecular complexity index is 346. The van der Waals surface area contributed by atoms with Gasteiger partial charge >= 0.3 is 0 Å². The molecule has 0 radical (unpaired) electrons. The lowest BCUT2D eigenvalue weighted by Gasteiger charge is -1.65. The fourth-order valence-corrected chi connectivity index (χ4v) is 1.62.